The second-order valence-corrected chi connectivity index (χ2v) is 5.59. The minimum Gasteiger partial charge on any atom is -0.491 e. The van der Waals surface area contributed by atoms with E-state index in [2.05, 4.69) is 10.3 Å². The van der Waals surface area contributed by atoms with Gasteiger partial charge in [0.05, 0.1) is 0 Å². The van der Waals surface area contributed by atoms with Gasteiger partial charge in [-0.2, -0.15) is 0 Å². The summed E-state index contributed by atoms with van der Waals surface area (Å²) in [6.45, 7) is 5.53. The van der Waals surface area contributed by atoms with Gasteiger partial charge in [0.15, 0.2) is 0 Å². The van der Waals surface area contributed by atoms with Crippen molar-refractivity contribution in [1.82, 2.24) is 10.3 Å². The molecule has 2 rings (SSSR count). The highest BCUT2D eigenvalue weighted by Crippen LogP contribution is 2.24. The summed E-state index contributed by atoms with van der Waals surface area (Å²) in [5, 5.41) is 14.2. The minimum absolute atomic E-state index is 0.280. The zero-order valence-electron chi connectivity index (χ0n) is 12.7. The average Bonchev–Trinajstić information content (AvgIpc) is 2.86. The van der Waals surface area contributed by atoms with E-state index in [1.165, 1.54) is 5.56 Å². The molecule has 5 N–H and O–H groups in total. The molecule has 0 bridgehead atoms. The van der Waals surface area contributed by atoms with Gasteiger partial charge >= 0.3 is 0 Å². The van der Waals surface area contributed by atoms with E-state index in [9.17, 15) is 5.11 Å². The van der Waals surface area contributed by atoms with Crippen LogP contribution in [-0.4, -0.2) is 41.9 Å². The molecule has 1 atom stereocenters. The van der Waals surface area contributed by atoms with Gasteiger partial charge in [0, 0.05) is 29.7 Å². The summed E-state index contributed by atoms with van der Waals surface area (Å²) in [6.07, 6.45) is 2.31. The Bertz CT molecular complexity index is 566. The van der Waals surface area contributed by atoms with Crippen molar-refractivity contribution >= 4 is 10.9 Å². The van der Waals surface area contributed by atoms with E-state index in [4.69, 9.17) is 10.5 Å². The van der Waals surface area contributed by atoms with Gasteiger partial charge in [-0.15, -0.1) is 0 Å². The maximum absolute atomic E-state index is 9.86. The van der Waals surface area contributed by atoms with E-state index in [-0.39, 0.29) is 6.61 Å². The number of aliphatic hydroxyl groups is 1. The molecule has 0 aliphatic heterocycles. The molecule has 1 aromatic heterocycles. The quantitative estimate of drug-likeness (QED) is 0.592. The van der Waals surface area contributed by atoms with Crippen LogP contribution in [0.25, 0.3) is 10.9 Å². The number of nitrogens with one attached hydrogen (secondary N) is 2. The first-order valence-electron chi connectivity index (χ1n) is 7.44. The number of aromatic nitrogens is 1. The van der Waals surface area contributed by atoms with Crippen LogP contribution >= 0.6 is 0 Å². The number of benzene rings is 1. The van der Waals surface area contributed by atoms with Gasteiger partial charge in [-0.3, -0.25) is 0 Å². The third-order valence-electron chi connectivity index (χ3n) is 3.36. The normalized spacial score (nSPS) is 13.0. The molecule has 0 fully saturated rings. The molecule has 2 aromatic rings. The molecule has 0 aliphatic rings. The predicted molar refractivity (Wildman–Crippen MR) is 85.7 cm³/mol. The lowest BCUT2D eigenvalue weighted by molar-refractivity contribution is 0.105. The second kappa shape index (κ2) is 7.45. The van der Waals surface area contributed by atoms with Crippen molar-refractivity contribution in [3.05, 3.63) is 30.0 Å². The average molecular weight is 291 g/mol. The molecule has 5 nitrogen and oxygen atoms in total. The van der Waals surface area contributed by atoms with Crippen LogP contribution < -0.4 is 15.8 Å². The second-order valence-electron chi connectivity index (χ2n) is 5.59. The summed E-state index contributed by atoms with van der Waals surface area (Å²) in [5.41, 5.74) is 7.89. The summed E-state index contributed by atoms with van der Waals surface area (Å²) >= 11 is 0. The maximum atomic E-state index is 9.86. The largest absolute Gasteiger partial charge is 0.491 e. The van der Waals surface area contributed by atoms with Crippen LogP contribution in [0.1, 0.15) is 19.4 Å². The smallest absolute Gasteiger partial charge is 0.120 e. The number of hydrogen-bond donors (Lipinski definition) is 4. The molecule has 0 aliphatic carbocycles. The molecule has 0 saturated carbocycles. The number of nitrogens with two attached hydrogens (primary N) is 1. The Morgan fingerprint density at radius 3 is 2.90 bits per heavy atom. The zero-order chi connectivity index (χ0) is 15.2. The van der Waals surface area contributed by atoms with Gasteiger partial charge in [-0.25, -0.2) is 0 Å². The topological polar surface area (TPSA) is 83.3 Å². The Morgan fingerprint density at radius 1 is 1.38 bits per heavy atom. The fourth-order valence-electron chi connectivity index (χ4n) is 2.23. The van der Waals surface area contributed by atoms with E-state index in [0.717, 1.165) is 23.1 Å². The van der Waals surface area contributed by atoms with E-state index in [0.29, 0.717) is 19.1 Å². The lowest BCUT2D eigenvalue weighted by Crippen LogP contribution is -2.35. The Kier molecular flexibility index (Phi) is 5.61. The number of H-pyrrole nitrogens is 1. The van der Waals surface area contributed by atoms with Crippen LogP contribution in [0, 0.1) is 0 Å². The van der Waals surface area contributed by atoms with Gasteiger partial charge in [-0.1, -0.05) is 13.8 Å². The summed E-state index contributed by atoms with van der Waals surface area (Å²) < 4.78 is 5.68. The fourth-order valence-corrected chi connectivity index (χ4v) is 2.23. The molecule has 1 heterocycles. The Hall–Kier alpha value is -1.56. The van der Waals surface area contributed by atoms with E-state index in [1.807, 2.05) is 38.2 Å². The summed E-state index contributed by atoms with van der Waals surface area (Å²) in [6, 6.07) is 6.26. The molecular weight excluding hydrogens is 266 g/mol. The van der Waals surface area contributed by atoms with Crippen LogP contribution in [0.5, 0.6) is 5.75 Å². The van der Waals surface area contributed by atoms with E-state index >= 15 is 0 Å². The van der Waals surface area contributed by atoms with Gasteiger partial charge in [0.25, 0.3) is 0 Å². The lowest BCUT2D eigenvalue weighted by atomic mass is 10.1. The zero-order valence-corrected chi connectivity index (χ0v) is 12.7. The third-order valence-corrected chi connectivity index (χ3v) is 3.36. The van der Waals surface area contributed by atoms with E-state index in [1.54, 1.807) is 0 Å². The van der Waals surface area contributed by atoms with Crippen molar-refractivity contribution in [2.75, 3.05) is 19.7 Å². The first-order valence-corrected chi connectivity index (χ1v) is 7.44. The summed E-state index contributed by atoms with van der Waals surface area (Å²) in [5.74, 6) is 0.768. The number of aromatic amines is 1. The van der Waals surface area contributed by atoms with Crippen molar-refractivity contribution in [2.45, 2.75) is 32.4 Å². The maximum Gasteiger partial charge on any atom is 0.120 e. The first kappa shape index (κ1) is 15.8. The van der Waals surface area contributed by atoms with Crippen molar-refractivity contribution in [3.63, 3.8) is 0 Å². The summed E-state index contributed by atoms with van der Waals surface area (Å²) in [7, 11) is 0. The van der Waals surface area contributed by atoms with Gasteiger partial charge in [0.2, 0.25) is 0 Å². The molecular formula is C16H25N3O2. The van der Waals surface area contributed by atoms with E-state index < -0.39 is 6.10 Å². The molecule has 0 radical (unpaired) electrons. The highest BCUT2D eigenvalue weighted by molar-refractivity contribution is 5.84. The highest BCUT2D eigenvalue weighted by Gasteiger charge is 2.08. The van der Waals surface area contributed by atoms with Crippen molar-refractivity contribution < 1.29 is 9.84 Å². The van der Waals surface area contributed by atoms with Crippen LogP contribution in [0.3, 0.4) is 0 Å². The molecule has 116 valence electrons. The number of aliphatic hydroxyl groups excluding tert-OH is 1. The summed E-state index contributed by atoms with van der Waals surface area (Å²) in [4.78, 5) is 3.23. The van der Waals surface area contributed by atoms with Crippen LogP contribution in [0.15, 0.2) is 24.4 Å². The Morgan fingerprint density at radius 2 is 2.19 bits per heavy atom. The predicted octanol–water partition coefficient (Wildman–Crippen LogP) is 1.41. The Labute approximate surface area is 125 Å². The third kappa shape index (κ3) is 4.46. The van der Waals surface area contributed by atoms with Crippen LogP contribution in [0.4, 0.5) is 0 Å². The monoisotopic (exact) mass is 291 g/mol. The number of rotatable bonds is 8. The molecule has 21 heavy (non-hydrogen) atoms. The lowest BCUT2D eigenvalue weighted by Gasteiger charge is -2.15. The molecule has 0 unspecified atom stereocenters. The number of hydrogen-bond acceptors (Lipinski definition) is 4. The van der Waals surface area contributed by atoms with Gasteiger partial charge in [-0.05, 0) is 36.7 Å². The number of fused-ring (bicyclic) bond motifs is 1. The highest BCUT2D eigenvalue weighted by atomic mass is 16.5. The van der Waals surface area contributed by atoms with Crippen molar-refractivity contribution in [1.29, 1.82) is 0 Å². The fraction of sp³-hybridized carbons (Fsp3) is 0.500. The molecule has 0 amide bonds. The SMILES string of the molecule is CC(C)NC[C@@H](O)COc1ccc2[nH]cc(CCN)c2c1. The number of ether oxygens (including phenoxy) is 1. The van der Waals surface area contributed by atoms with Gasteiger partial charge < -0.3 is 25.9 Å². The Balaban J connectivity index is 1.97. The van der Waals surface area contributed by atoms with Gasteiger partial charge in [0.1, 0.15) is 18.5 Å². The van der Waals surface area contributed by atoms with Crippen molar-refractivity contribution in [2.24, 2.45) is 5.73 Å². The van der Waals surface area contributed by atoms with Crippen LogP contribution in [0.2, 0.25) is 0 Å². The molecule has 5 heteroatoms. The molecule has 1 aromatic carbocycles. The first-order chi connectivity index (χ1) is 10.1. The minimum atomic E-state index is -0.516. The van der Waals surface area contributed by atoms with Crippen molar-refractivity contribution in [3.8, 4) is 5.75 Å². The molecule has 0 spiro atoms. The standard InChI is InChI=1S/C16H25N3O2/c1-11(2)18-9-13(20)10-21-14-3-4-16-15(7-14)12(5-6-17)8-19-16/h3-4,7-8,11,13,18-20H,5-6,9-10,17H2,1-2H3/t13-/m1/s1. The molecule has 0 saturated heterocycles. The van der Waals surface area contributed by atoms with Crippen LogP contribution in [-0.2, 0) is 6.42 Å².